The van der Waals surface area contributed by atoms with Crippen molar-refractivity contribution in [3.63, 3.8) is 0 Å². The first-order valence-electron chi connectivity index (χ1n) is 13.1. The fourth-order valence-electron chi connectivity index (χ4n) is 4.98. The lowest BCUT2D eigenvalue weighted by Crippen LogP contribution is -2.22. The molecule has 0 saturated heterocycles. The molecule has 1 aromatic carbocycles. The van der Waals surface area contributed by atoms with Crippen LogP contribution in [0.5, 0.6) is 0 Å². The van der Waals surface area contributed by atoms with E-state index in [0.717, 1.165) is 54.4 Å². The van der Waals surface area contributed by atoms with Crippen LogP contribution in [0, 0.1) is 5.82 Å². The molecule has 4 aromatic rings. The second-order valence-corrected chi connectivity index (χ2v) is 10.2. The third-order valence-corrected chi connectivity index (χ3v) is 7.39. The van der Waals surface area contributed by atoms with Crippen molar-refractivity contribution < 1.29 is 9.13 Å². The second kappa shape index (κ2) is 11.5. The van der Waals surface area contributed by atoms with Crippen molar-refractivity contribution in [2.45, 2.75) is 64.1 Å². The van der Waals surface area contributed by atoms with Gasteiger partial charge in [-0.05, 0) is 43.9 Å². The molecule has 1 atom stereocenters. The molecular formula is C28H33ClFN7O. The van der Waals surface area contributed by atoms with Crippen LogP contribution in [0.15, 0.2) is 54.0 Å². The van der Waals surface area contributed by atoms with Gasteiger partial charge in [0.15, 0.2) is 0 Å². The van der Waals surface area contributed by atoms with Gasteiger partial charge in [-0.3, -0.25) is 0 Å². The maximum absolute atomic E-state index is 13.8. The predicted molar refractivity (Wildman–Crippen MR) is 150 cm³/mol. The Balaban J connectivity index is 1.55. The number of anilines is 1. The fraction of sp³-hybridized carbons (Fsp3) is 0.393. The Hall–Kier alpha value is -3.43. The maximum atomic E-state index is 13.8. The molecule has 8 nitrogen and oxygen atoms in total. The summed E-state index contributed by atoms with van der Waals surface area (Å²) in [5.74, 6) is -0.219. The van der Waals surface area contributed by atoms with Gasteiger partial charge in [0.05, 0.1) is 39.9 Å². The number of aromatic nitrogens is 4. The van der Waals surface area contributed by atoms with Crippen LogP contribution in [0.4, 0.5) is 15.8 Å². The first kappa shape index (κ1) is 26.2. The molecule has 1 fully saturated rings. The molecular weight excluding hydrogens is 505 g/mol. The fourth-order valence-corrected chi connectivity index (χ4v) is 5.14. The van der Waals surface area contributed by atoms with Crippen LogP contribution in [0.25, 0.3) is 16.6 Å². The minimum absolute atomic E-state index is 0.101. The summed E-state index contributed by atoms with van der Waals surface area (Å²) in [5, 5.41) is 13.2. The lowest BCUT2D eigenvalue weighted by atomic mass is 10.1. The SMILES string of the molecule is CCCCC(OC)n1cc(-c2cc3c(NC4CCCC4)c(C(N)=Nc4cc(F)ccc4Cl)cnn3c2)cn1. The number of nitrogens with two attached hydrogens (primary N) is 1. The summed E-state index contributed by atoms with van der Waals surface area (Å²) in [6.07, 6.45) is 15.0. The number of hydrogen-bond acceptors (Lipinski definition) is 5. The molecule has 3 aromatic heterocycles. The average molecular weight is 538 g/mol. The van der Waals surface area contributed by atoms with Gasteiger partial charge in [-0.25, -0.2) is 18.6 Å². The van der Waals surface area contributed by atoms with Crippen molar-refractivity contribution in [1.82, 2.24) is 19.4 Å². The zero-order valence-corrected chi connectivity index (χ0v) is 22.5. The van der Waals surface area contributed by atoms with Gasteiger partial charge in [0, 0.05) is 42.7 Å². The third-order valence-electron chi connectivity index (χ3n) is 7.07. The number of fused-ring (bicyclic) bond motifs is 1. The molecule has 1 aliphatic rings. The topological polar surface area (TPSA) is 94.8 Å². The molecule has 1 unspecified atom stereocenters. The lowest BCUT2D eigenvalue weighted by molar-refractivity contribution is 0.0252. The van der Waals surface area contributed by atoms with Gasteiger partial charge in [0.2, 0.25) is 0 Å². The van der Waals surface area contributed by atoms with Gasteiger partial charge >= 0.3 is 0 Å². The monoisotopic (exact) mass is 537 g/mol. The molecule has 38 heavy (non-hydrogen) atoms. The summed E-state index contributed by atoms with van der Waals surface area (Å²) in [5.41, 5.74) is 11.0. The molecule has 0 amide bonds. The number of amidine groups is 1. The minimum Gasteiger partial charge on any atom is -0.383 e. The highest BCUT2D eigenvalue weighted by Crippen LogP contribution is 2.33. The Morgan fingerprint density at radius 2 is 2.03 bits per heavy atom. The van der Waals surface area contributed by atoms with Crippen LogP contribution in [-0.4, -0.2) is 38.4 Å². The Morgan fingerprint density at radius 3 is 2.79 bits per heavy atom. The Morgan fingerprint density at radius 1 is 1.21 bits per heavy atom. The molecule has 0 spiro atoms. The van der Waals surface area contributed by atoms with E-state index in [9.17, 15) is 4.39 Å². The van der Waals surface area contributed by atoms with Crippen LogP contribution in [-0.2, 0) is 4.74 Å². The van der Waals surface area contributed by atoms with Gasteiger partial charge in [0.25, 0.3) is 0 Å². The standard InChI is InChI=1S/C28H33ClFN7O/c1-3-4-9-26(38-2)37-17-19(14-32-37)18-12-25-27(34-21-7-5-6-8-21)22(15-33-36(25)16-18)28(31)35-24-13-20(30)10-11-23(24)29/h10-17,21,26,34H,3-9H2,1-2H3,(H2,31,35). The molecule has 3 heterocycles. The van der Waals surface area contributed by atoms with E-state index in [0.29, 0.717) is 16.6 Å². The van der Waals surface area contributed by atoms with Crippen LogP contribution in [0.1, 0.15) is 63.7 Å². The van der Waals surface area contributed by atoms with E-state index < -0.39 is 5.82 Å². The number of benzene rings is 1. The minimum atomic E-state index is -0.430. The second-order valence-electron chi connectivity index (χ2n) is 9.75. The number of aliphatic imine (C=N–C) groups is 1. The van der Waals surface area contributed by atoms with E-state index in [1.54, 1.807) is 13.3 Å². The number of methoxy groups -OCH3 is 1. The van der Waals surface area contributed by atoms with Gasteiger partial charge < -0.3 is 15.8 Å². The summed E-state index contributed by atoms with van der Waals surface area (Å²) in [6, 6.07) is 6.43. The highest BCUT2D eigenvalue weighted by atomic mass is 35.5. The van der Waals surface area contributed by atoms with Crippen LogP contribution in [0.3, 0.4) is 0 Å². The molecule has 0 aliphatic heterocycles. The number of rotatable bonds is 10. The number of unbranched alkanes of at least 4 members (excludes halogenated alkanes) is 1. The molecule has 3 N–H and O–H groups in total. The van der Waals surface area contributed by atoms with Crippen molar-refractivity contribution in [2.24, 2.45) is 10.7 Å². The highest BCUT2D eigenvalue weighted by molar-refractivity contribution is 6.33. The zero-order chi connectivity index (χ0) is 26.6. The predicted octanol–water partition coefficient (Wildman–Crippen LogP) is 6.72. The first-order chi connectivity index (χ1) is 18.5. The van der Waals surface area contributed by atoms with E-state index in [1.165, 1.54) is 31.0 Å². The summed E-state index contributed by atoms with van der Waals surface area (Å²) >= 11 is 6.25. The van der Waals surface area contributed by atoms with Gasteiger partial charge in [0.1, 0.15) is 17.9 Å². The number of nitrogens with one attached hydrogen (secondary N) is 1. The van der Waals surface area contributed by atoms with Crippen LogP contribution < -0.4 is 11.1 Å². The largest absolute Gasteiger partial charge is 0.383 e. The van der Waals surface area contributed by atoms with Crippen molar-refractivity contribution in [3.05, 3.63) is 65.5 Å². The van der Waals surface area contributed by atoms with Crippen molar-refractivity contribution in [1.29, 1.82) is 0 Å². The normalized spacial score (nSPS) is 15.4. The van der Waals surface area contributed by atoms with Crippen molar-refractivity contribution >= 4 is 34.3 Å². The number of nitrogens with zero attached hydrogens (tertiary/aromatic N) is 5. The maximum Gasteiger partial charge on any atom is 0.149 e. The zero-order valence-electron chi connectivity index (χ0n) is 21.7. The number of hydrogen-bond donors (Lipinski definition) is 2. The van der Waals surface area contributed by atoms with E-state index in [4.69, 9.17) is 22.1 Å². The van der Waals surface area contributed by atoms with Crippen molar-refractivity contribution in [3.8, 4) is 11.1 Å². The van der Waals surface area contributed by atoms with E-state index >= 15 is 0 Å². The first-order valence-corrected chi connectivity index (χ1v) is 13.5. The lowest BCUT2D eigenvalue weighted by Gasteiger charge is -2.18. The third kappa shape index (κ3) is 5.54. The Bertz CT molecular complexity index is 1440. The van der Waals surface area contributed by atoms with Gasteiger partial charge in [-0.1, -0.05) is 37.8 Å². The van der Waals surface area contributed by atoms with Gasteiger partial charge in [-0.15, -0.1) is 0 Å². The molecule has 5 rings (SSSR count). The molecule has 1 aliphatic carbocycles. The summed E-state index contributed by atoms with van der Waals surface area (Å²) < 4.78 is 23.2. The summed E-state index contributed by atoms with van der Waals surface area (Å²) in [4.78, 5) is 4.46. The number of ether oxygens (including phenoxy) is 1. The van der Waals surface area contributed by atoms with E-state index in [2.05, 4.69) is 33.5 Å². The van der Waals surface area contributed by atoms with Gasteiger partial charge in [-0.2, -0.15) is 10.2 Å². The molecule has 10 heteroatoms. The molecule has 1 saturated carbocycles. The molecule has 0 bridgehead atoms. The number of halogens is 2. The summed E-state index contributed by atoms with van der Waals surface area (Å²) in [7, 11) is 1.71. The Labute approximate surface area is 226 Å². The van der Waals surface area contributed by atoms with E-state index in [-0.39, 0.29) is 17.8 Å². The Kier molecular flexibility index (Phi) is 7.95. The molecule has 200 valence electrons. The van der Waals surface area contributed by atoms with E-state index in [1.807, 2.05) is 27.8 Å². The summed E-state index contributed by atoms with van der Waals surface area (Å²) in [6.45, 7) is 2.16. The average Bonchev–Trinajstić information content (AvgIpc) is 3.68. The molecule has 0 radical (unpaired) electrons. The quantitative estimate of drug-likeness (QED) is 0.173. The highest BCUT2D eigenvalue weighted by Gasteiger charge is 2.21. The smallest absolute Gasteiger partial charge is 0.149 e. The van der Waals surface area contributed by atoms with Crippen LogP contribution in [0.2, 0.25) is 5.02 Å². The van der Waals surface area contributed by atoms with Crippen LogP contribution >= 0.6 is 11.6 Å². The van der Waals surface area contributed by atoms with Crippen molar-refractivity contribution in [2.75, 3.05) is 12.4 Å².